The fraction of sp³-hybridized carbons (Fsp3) is 0.800. The lowest BCUT2D eigenvalue weighted by molar-refractivity contribution is -0.154. The first-order valence-corrected chi connectivity index (χ1v) is 18.1. The SMILES string of the molecule is O=C(O)C(CCCCCCCCCSSCCCCCCCCCC(C(=O)O)N1C(=O)CCC1=O)N1C(=O)CCC1=O. The van der Waals surface area contributed by atoms with Gasteiger partial charge in [-0.3, -0.25) is 29.0 Å². The van der Waals surface area contributed by atoms with Gasteiger partial charge in [-0.2, -0.15) is 0 Å². The molecule has 12 heteroatoms. The van der Waals surface area contributed by atoms with E-state index in [1.54, 1.807) is 0 Å². The highest BCUT2D eigenvalue weighted by Crippen LogP contribution is 2.25. The molecule has 10 nitrogen and oxygen atoms in total. The molecule has 0 radical (unpaired) electrons. The Morgan fingerprint density at radius 2 is 0.762 bits per heavy atom. The van der Waals surface area contributed by atoms with Crippen molar-refractivity contribution in [2.75, 3.05) is 11.5 Å². The molecular weight excluding hydrogens is 580 g/mol. The minimum atomic E-state index is -1.09. The topological polar surface area (TPSA) is 149 Å². The van der Waals surface area contributed by atoms with Gasteiger partial charge < -0.3 is 10.2 Å². The van der Waals surface area contributed by atoms with Gasteiger partial charge in [0, 0.05) is 37.2 Å². The Hall–Kier alpha value is -2.08. The molecule has 2 N–H and O–H groups in total. The first-order valence-electron chi connectivity index (χ1n) is 15.6. The molecule has 0 aromatic rings. The number of carboxylic acid groups (broad SMARTS) is 2. The molecule has 2 unspecified atom stereocenters. The van der Waals surface area contributed by atoms with Gasteiger partial charge in [-0.05, 0) is 25.7 Å². The molecule has 2 aliphatic heterocycles. The van der Waals surface area contributed by atoms with Crippen molar-refractivity contribution in [3.63, 3.8) is 0 Å². The van der Waals surface area contributed by atoms with E-state index in [2.05, 4.69) is 0 Å². The number of hydrogen-bond donors (Lipinski definition) is 2. The Labute approximate surface area is 257 Å². The Bertz CT molecular complexity index is 812. The third-order valence-corrected chi connectivity index (χ3v) is 10.4. The number of hydrogen-bond acceptors (Lipinski definition) is 8. The molecule has 238 valence electrons. The van der Waals surface area contributed by atoms with Crippen LogP contribution in [0, 0.1) is 0 Å². The number of unbranched alkanes of at least 4 members (excludes halogenated alkanes) is 12. The molecule has 0 aromatic carbocycles. The number of nitrogens with zero attached hydrogens (tertiary/aromatic N) is 2. The molecule has 0 aromatic heterocycles. The van der Waals surface area contributed by atoms with Gasteiger partial charge in [-0.1, -0.05) is 98.6 Å². The predicted molar refractivity (Wildman–Crippen MR) is 164 cm³/mol. The van der Waals surface area contributed by atoms with Crippen LogP contribution in [0.15, 0.2) is 0 Å². The van der Waals surface area contributed by atoms with E-state index in [1.165, 1.54) is 38.5 Å². The van der Waals surface area contributed by atoms with Gasteiger partial charge in [0.2, 0.25) is 23.6 Å². The lowest BCUT2D eigenvalue weighted by atomic mass is 10.0. The third kappa shape index (κ3) is 13.1. The maximum absolute atomic E-state index is 11.8. The molecule has 0 bridgehead atoms. The predicted octanol–water partition coefficient (Wildman–Crippen LogP) is 5.81. The highest BCUT2D eigenvalue weighted by molar-refractivity contribution is 8.76. The summed E-state index contributed by atoms with van der Waals surface area (Å²) < 4.78 is 0. The second-order valence-electron chi connectivity index (χ2n) is 11.2. The number of carbonyl (C=O) groups excluding carboxylic acids is 4. The summed E-state index contributed by atoms with van der Waals surface area (Å²) >= 11 is 0. The van der Waals surface area contributed by atoms with Gasteiger partial charge in [0.1, 0.15) is 12.1 Å². The first-order chi connectivity index (χ1) is 20.2. The molecular formula is C30H48N2O8S2. The fourth-order valence-corrected chi connectivity index (χ4v) is 7.79. The molecule has 0 spiro atoms. The Kier molecular flexibility index (Phi) is 17.9. The zero-order valence-corrected chi connectivity index (χ0v) is 26.4. The minimum absolute atomic E-state index is 0.123. The number of carboxylic acids is 2. The van der Waals surface area contributed by atoms with Crippen molar-refractivity contribution in [1.29, 1.82) is 0 Å². The van der Waals surface area contributed by atoms with E-state index in [1.807, 2.05) is 21.6 Å². The van der Waals surface area contributed by atoms with Gasteiger partial charge in [0.15, 0.2) is 0 Å². The van der Waals surface area contributed by atoms with Crippen LogP contribution in [-0.4, -0.2) is 79.2 Å². The van der Waals surface area contributed by atoms with Crippen molar-refractivity contribution in [1.82, 2.24) is 9.80 Å². The van der Waals surface area contributed by atoms with Crippen LogP contribution in [-0.2, 0) is 28.8 Å². The second-order valence-corrected chi connectivity index (χ2v) is 13.9. The van der Waals surface area contributed by atoms with Crippen LogP contribution >= 0.6 is 21.6 Å². The fourth-order valence-electron chi connectivity index (χ4n) is 5.49. The molecule has 0 saturated carbocycles. The summed E-state index contributed by atoms with van der Waals surface area (Å²) in [5.41, 5.74) is 0. The quantitative estimate of drug-likeness (QED) is 0.0720. The van der Waals surface area contributed by atoms with E-state index >= 15 is 0 Å². The number of imide groups is 2. The molecule has 2 aliphatic rings. The average Bonchev–Trinajstić information content (AvgIpc) is 3.46. The number of aliphatic carboxylic acids is 2. The number of carbonyl (C=O) groups is 6. The van der Waals surface area contributed by atoms with Crippen LogP contribution in [0.1, 0.15) is 128 Å². The summed E-state index contributed by atoms with van der Waals surface area (Å²) in [6.45, 7) is 0. The van der Waals surface area contributed by atoms with Crippen LogP contribution in [0.4, 0.5) is 0 Å². The number of rotatable bonds is 25. The average molecular weight is 629 g/mol. The molecule has 2 rings (SSSR count). The van der Waals surface area contributed by atoms with E-state index in [9.17, 15) is 39.0 Å². The Morgan fingerprint density at radius 1 is 0.500 bits per heavy atom. The second kappa shape index (κ2) is 20.8. The van der Waals surface area contributed by atoms with Crippen LogP contribution in [0.5, 0.6) is 0 Å². The van der Waals surface area contributed by atoms with Crippen LogP contribution < -0.4 is 0 Å². The van der Waals surface area contributed by atoms with Gasteiger partial charge in [-0.25, -0.2) is 9.59 Å². The molecule has 4 amide bonds. The largest absolute Gasteiger partial charge is 0.480 e. The summed E-state index contributed by atoms with van der Waals surface area (Å²) in [7, 11) is 3.87. The van der Waals surface area contributed by atoms with E-state index in [-0.39, 0.29) is 49.3 Å². The Morgan fingerprint density at radius 3 is 1.05 bits per heavy atom. The number of amides is 4. The van der Waals surface area contributed by atoms with E-state index in [0.717, 1.165) is 59.8 Å². The summed E-state index contributed by atoms with van der Waals surface area (Å²) in [5.74, 6) is -1.35. The molecule has 0 aliphatic carbocycles. The van der Waals surface area contributed by atoms with E-state index < -0.39 is 24.0 Å². The van der Waals surface area contributed by atoms with Crippen molar-refractivity contribution in [3.05, 3.63) is 0 Å². The van der Waals surface area contributed by atoms with E-state index in [0.29, 0.717) is 25.7 Å². The summed E-state index contributed by atoms with van der Waals surface area (Å²) in [4.78, 5) is 72.2. The zero-order chi connectivity index (χ0) is 30.7. The van der Waals surface area contributed by atoms with Gasteiger partial charge >= 0.3 is 11.9 Å². The summed E-state index contributed by atoms with van der Waals surface area (Å²) in [6, 6.07) is -2.03. The Balaban J connectivity index is 1.33. The number of likely N-dealkylation sites (tertiary alicyclic amines) is 2. The standard InChI is InChI=1S/C30H48N2O8S2/c33-25-17-18-26(34)31(25)23(29(37)38)15-11-7-3-1-5-9-13-21-41-42-22-14-10-6-2-4-8-12-16-24(30(39)40)32-27(35)19-20-28(32)36/h23-24H,1-22H2,(H,37,38)(H,39,40). The van der Waals surface area contributed by atoms with Crippen molar-refractivity contribution in [2.45, 2.75) is 141 Å². The van der Waals surface area contributed by atoms with Crippen molar-refractivity contribution >= 4 is 57.2 Å². The highest BCUT2D eigenvalue weighted by Gasteiger charge is 2.39. The van der Waals surface area contributed by atoms with Gasteiger partial charge in [-0.15, -0.1) is 0 Å². The van der Waals surface area contributed by atoms with E-state index in [4.69, 9.17) is 0 Å². The maximum Gasteiger partial charge on any atom is 0.326 e. The normalized spacial score (nSPS) is 17.0. The third-order valence-electron chi connectivity index (χ3n) is 7.87. The lowest BCUT2D eigenvalue weighted by Gasteiger charge is -2.22. The molecule has 42 heavy (non-hydrogen) atoms. The lowest BCUT2D eigenvalue weighted by Crippen LogP contribution is -2.44. The monoisotopic (exact) mass is 628 g/mol. The van der Waals surface area contributed by atoms with Crippen molar-refractivity contribution in [3.8, 4) is 0 Å². The van der Waals surface area contributed by atoms with Crippen LogP contribution in [0.3, 0.4) is 0 Å². The summed E-state index contributed by atoms with van der Waals surface area (Å²) in [6.07, 6.45) is 15.9. The molecule has 2 atom stereocenters. The first kappa shape index (κ1) is 36.1. The van der Waals surface area contributed by atoms with Crippen molar-refractivity contribution in [2.24, 2.45) is 0 Å². The maximum atomic E-state index is 11.8. The van der Waals surface area contributed by atoms with Crippen molar-refractivity contribution < 1.29 is 39.0 Å². The smallest absolute Gasteiger partial charge is 0.326 e. The van der Waals surface area contributed by atoms with Crippen LogP contribution in [0.2, 0.25) is 0 Å². The molecule has 2 fully saturated rings. The molecule has 2 saturated heterocycles. The summed E-state index contributed by atoms with van der Waals surface area (Å²) in [5, 5.41) is 18.8. The van der Waals surface area contributed by atoms with Gasteiger partial charge in [0.25, 0.3) is 0 Å². The minimum Gasteiger partial charge on any atom is -0.480 e. The highest BCUT2D eigenvalue weighted by atomic mass is 33.1. The molecule has 2 heterocycles. The van der Waals surface area contributed by atoms with Gasteiger partial charge in [0.05, 0.1) is 0 Å². The van der Waals surface area contributed by atoms with Crippen LogP contribution in [0.25, 0.3) is 0 Å². The zero-order valence-electron chi connectivity index (χ0n) is 24.8.